The van der Waals surface area contributed by atoms with Crippen LogP contribution in [0.15, 0.2) is 12.1 Å². The zero-order valence-corrected chi connectivity index (χ0v) is 12.1. The van der Waals surface area contributed by atoms with Gasteiger partial charge in [-0.3, -0.25) is 11.3 Å². The molecule has 100 valence electrons. The number of nitrogens with two attached hydrogens (primary N) is 1. The summed E-state index contributed by atoms with van der Waals surface area (Å²) < 4.78 is 5.60. The van der Waals surface area contributed by atoms with Crippen LogP contribution in [-0.4, -0.2) is 18.6 Å². The zero-order valence-electron chi connectivity index (χ0n) is 11.3. The lowest BCUT2D eigenvalue weighted by Gasteiger charge is -2.25. The lowest BCUT2D eigenvalue weighted by Crippen LogP contribution is -2.34. The van der Waals surface area contributed by atoms with Crippen molar-refractivity contribution >= 4 is 11.8 Å². The van der Waals surface area contributed by atoms with Crippen LogP contribution in [0.1, 0.15) is 29.2 Å². The second kappa shape index (κ2) is 5.95. The molecule has 1 aliphatic rings. The molecule has 18 heavy (non-hydrogen) atoms. The molecule has 1 heterocycles. The van der Waals surface area contributed by atoms with E-state index in [-0.39, 0.29) is 6.04 Å². The maximum absolute atomic E-state index is 5.78. The summed E-state index contributed by atoms with van der Waals surface area (Å²) >= 11 is 2.00. The van der Waals surface area contributed by atoms with Gasteiger partial charge in [-0.15, -0.1) is 0 Å². The summed E-state index contributed by atoms with van der Waals surface area (Å²) in [5.74, 6) is 9.76. The van der Waals surface area contributed by atoms with E-state index in [1.165, 1.54) is 34.6 Å². The molecule has 1 saturated heterocycles. The van der Waals surface area contributed by atoms with Gasteiger partial charge in [-0.2, -0.15) is 11.8 Å². The van der Waals surface area contributed by atoms with Crippen molar-refractivity contribution in [2.24, 2.45) is 11.8 Å². The summed E-state index contributed by atoms with van der Waals surface area (Å²) in [6.45, 7) is 4.21. The van der Waals surface area contributed by atoms with Gasteiger partial charge in [-0.1, -0.05) is 12.1 Å². The van der Waals surface area contributed by atoms with Crippen LogP contribution in [0.3, 0.4) is 0 Å². The number of rotatable bonds is 4. The first-order chi connectivity index (χ1) is 8.69. The molecule has 1 fully saturated rings. The van der Waals surface area contributed by atoms with Gasteiger partial charge in [0, 0.05) is 5.56 Å². The highest BCUT2D eigenvalue weighted by Gasteiger charge is 2.28. The van der Waals surface area contributed by atoms with Gasteiger partial charge >= 0.3 is 0 Å². The molecule has 1 aliphatic heterocycles. The molecule has 3 nitrogen and oxygen atoms in total. The van der Waals surface area contributed by atoms with Gasteiger partial charge in [-0.05, 0) is 48.8 Å². The van der Waals surface area contributed by atoms with E-state index in [0.29, 0.717) is 5.92 Å². The minimum absolute atomic E-state index is 0.189. The SMILES string of the molecule is COc1c(C(NN)C2CCSC2)ccc(C)c1C. The fourth-order valence-corrected chi connectivity index (χ4v) is 3.92. The molecule has 3 N–H and O–H groups in total. The Morgan fingerprint density at radius 1 is 1.44 bits per heavy atom. The average Bonchev–Trinajstić information content (AvgIpc) is 2.89. The van der Waals surface area contributed by atoms with Gasteiger partial charge in [0.15, 0.2) is 0 Å². The minimum atomic E-state index is 0.189. The summed E-state index contributed by atoms with van der Waals surface area (Å²) in [6.07, 6.45) is 1.22. The van der Waals surface area contributed by atoms with E-state index in [1.54, 1.807) is 7.11 Å². The van der Waals surface area contributed by atoms with E-state index in [0.717, 1.165) is 5.75 Å². The Bertz CT molecular complexity index is 417. The molecule has 2 rings (SSSR count). The number of methoxy groups -OCH3 is 1. The Morgan fingerprint density at radius 2 is 2.22 bits per heavy atom. The molecular weight excluding hydrogens is 244 g/mol. The maximum atomic E-state index is 5.78. The van der Waals surface area contributed by atoms with Crippen molar-refractivity contribution in [1.29, 1.82) is 0 Å². The number of aryl methyl sites for hydroxylation is 1. The highest BCUT2D eigenvalue weighted by Crippen LogP contribution is 2.39. The monoisotopic (exact) mass is 266 g/mol. The third-order valence-corrected chi connectivity index (χ3v) is 5.05. The van der Waals surface area contributed by atoms with Crippen LogP contribution in [0.4, 0.5) is 0 Å². The molecule has 0 spiro atoms. The van der Waals surface area contributed by atoms with Crippen molar-refractivity contribution in [3.8, 4) is 5.75 Å². The molecule has 0 radical (unpaired) electrons. The molecule has 1 aromatic carbocycles. The Morgan fingerprint density at radius 3 is 2.78 bits per heavy atom. The molecule has 0 amide bonds. The molecule has 4 heteroatoms. The molecule has 0 aromatic heterocycles. The van der Waals surface area contributed by atoms with Crippen molar-refractivity contribution in [3.63, 3.8) is 0 Å². The average molecular weight is 266 g/mol. The van der Waals surface area contributed by atoms with E-state index in [2.05, 4.69) is 31.4 Å². The van der Waals surface area contributed by atoms with Crippen molar-refractivity contribution < 1.29 is 4.74 Å². The number of thioether (sulfide) groups is 1. The van der Waals surface area contributed by atoms with Crippen molar-refractivity contribution in [2.75, 3.05) is 18.6 Å². The number of hydrazine groups is 1. The van der Waals surface area contributed by atoms with Crippen LogP contribution >= 0.6 is 11.8 Å². The second-order valence-electron chi connectivity index (χ2n) is 4.90. The van der Waals surface area contributed by atoms with E-state index in [1.807, 2.05) is 11.8 Å². The fraction of sp³-hybridized carbons (Fsp3) is 0.571. The van der Waals surface area contributed by atoms with Gasteiger partial charge in [0.25, 0.3) is 0 Å². The number of benzene rings is 1. The molecule has 2 unspecified atom stereocenters. The van der Waals surface area contributed by atoms with E-state index in [4.69, 9.17) is 10.6 Å². The highest BCUT2D eigenvalue weighted by molar-refractivity contribution is 7.99. The van der Waals surface area contributed by atoms with Crippen LogP contribution in [0.2, 0.25) is 0 Å². The van der Waals surface area contributed by atoms with Gasteiger partial charge in [0.05, 0.1) is 13.2 Å². The van der Waals surface area contributed by atoms with Crippen molar-refractivity contribution in [2.45, 2.75) is 26.3 Å². The van der Waals surface area contributed by atoms with Crippen molar-refractivity contribution in [3.05, 3.63) is 28.8 Å². The number of hydrogen-bond acceptors (Lipinski definition) is 4. The Hall–Kier alpha value is -0.710. The summed E-state index contributed by atoms with van der Waals surface area (Å²) in [6, 6.07) is 4.49. The van der Waals surface area contributed by atoms with E-state index >= 15 is 0 Å². The van der Waals surface area contributed by atoms with Gasteiger partial charge < -0.3 is 4.74 Å². The summed E-state index contributed by atoms with van der Waals surface area (Å²) in [5.41, 5.74) is 6.64. The molecular formula is C14H22N2OS. The minimum Gasteiger partial charge on any atom is -0.496 e. The van der Waals surface area contributed by atoms with Gasteiger partial charge in [0.1, 0.15) is 5.75 Å². The predicted molar refractivity (Wildman–Crippen MR) is 78.0 cm³/mol. The number of hydrogen-bond donors (Lipinski definition) is 2. The second-order valence-corrected chi connectivity index (χ2v) is 6.05. The first-order valence-electron chi connectivity index (χ1n) is 6.37. The summed E-state index contributed by atoms with van der Waals surface area (Å²) in [5, 5.41) is 0. The summed E-state index contributed by atoms with van der Waals surface area (Å²) in [7, 11) is 1.74. The number of nitrogens with one attached hydrogen (secondary N) is 1. The Balaban J connectivity index is 2.38. The van der Waals surface area contributed by atoms with Gasteiger partial charge in [0.2, 0.25) is 0 Å². The molecule has 2 atom stereocenters. The highest BCUT2D eigenvalue weighted by atomic mass is 32.2. The van der Waals surface area contributed by atoms with Crippen LogP contribution in [0.25, 0.3) is 0 Å². The number of ether oxygens (including phenoxy) is 1. The van der Waals surface area contributed by atoms with Crippen molar-refractivity contribution in [1.82, 2.24) is 5.43 Å². The first kappa shape index (κ1) is 13.7. The van der Waals surface area contributed by atoms with Crippen LogP contribution in [0.5, 0.6) is 5.75 Å². The fourth-order valence-electron chi connectivity index (χ4n) is 2.62. The maximum Gasteiger partial charge on any atom is 0.126 e. The lowest BCUT2D eigenvalue weighted by atomic mass is 9.90. The Kier molecular flexibility index (Phi) is 4.54. The largest absolute Gasteiger partial charge is 0.496 e. The molecule has 0 aliphatic carbocycles. The normalized spacial score (nSPS) is 21.0. The van der Waals surface area contributed by atoms with Gasteiger partial charge in [-0.25, -0.2) is 0 Å². The third-order valence-electron chi connectivity index (χ3n) is 3.86. The third kappa shape index (κ3) is 2.51. The molecule has 1 aromatic rings. The van der Waals surface area contributed by atoms with Crippen LogP contribution in [0, 0.1) is 19.8 Å². The summed E-state index contributed by atoms with van der Waals surface area (Å²) in [4.78, 5) is 0. The molecule has 0 bridgehead atoms. The van der Waals surface area contributed by atoms with E-state index in [9.17, 15) is 0 Å². The van der Waals surface area contributed by atoms with E-state index < -0.39 is 0 Å². The Labute approximate surface area is 113 Å². The smallest absolute Gasteiger partial charge is 0.126 e. The van der Waals surface area contributed by atoms with Crippen LogP contribution in [-0.2, 0) is 0 Å². The quantitative estimate of drug-likeness (QED) is 0.649. The predicted octanol–water partition coefficient (Wildman–Crippen LogP) is 2.57. The lowest BCUT2D eigenvalue weighted by molar-refractivity contribution is 0.362. The zero-order chi connectivity index (χ0) is 13.1. The first-order valence-corrected chi connectivity index (χ1v) is 7.52. The van der Waals surface area contributed by atoms with Crippen LogP contribution < -0.4 is 16.0 Å². The topological polar surface area (TPSA) is 47.3 Å². The standard InChI is InChI=1S/C14H22N2OS/c1-9-4-5-12(14(17-3)10(9)2)13(16-15)11-6-7-18-8-11/h4-5,11,13,16H,6-8,15H2,1-3H3. The molecule has 0 saturated carbocycles.